The molecule has 0 amide bonds. The van der Waals surface area contributed by atoms with Crippen LogP contribution in [-0.4, -0.2) is 48.6 Å². The van der Waals surface area contributed by atoms with Crippen LogP contribution >= 0.6 is 0 Å². The lowest BCUT2D eigenvalue weighted by Gasteiger charge is -2.40. The Kier molecular flexibility index (Phi) is 17.3. The maximum Gasteiger partial charge on any atom is 0.364 e. The summed E-state index contributed by atoms with van der Waals surface area (Å²) >= 11 is 0. The van der Waals surface area contributed by atoms with E-state index in [1.54, 1.807) is 0 Å². The highest BCUT2D eigenvalue weighted by molar-refractivity contribution is 6.71. The van der Waals surface area contributed by atoms with E-state index in [-0.39, 0.29) is 11.9 Å². The van der Waals surface area contributed by atoms with Crippen LogP contribution in [0.2, 0.25) is 39.3 Å². The molecule has 0 aromatic carbocycles. The minimum atomic E-state index is -2.01. The monoisotopic (exact) mass is 518 g/mol. The van der Waals surface area contributed by atoms with Crippen molar-refractivity contribution in [3.05, 3.63) is 0 Å². The average Bonchev–Trinajstić information content (AvgIpc) is 2.73. The predicted molar refractivity (Wildman–Crippen MR) is 145 cm³/mol. The van der Waals surface area contributed by atoms with Gasteiger partial charge in [0.2, 0.25) is 0 Å². The van der Waals surface area contributed by atoms with Crippen LogP contribution in [0, 0.1) is 0 Å². The highest BCUT2D eigenvalue weighted by Gasteiger charge is 2.47. The van der Waals surface area contributed by atoms with E-state index in [0.29, 0.717) is 12.8 Å². The molecule has 6 nitrogen and oxygen atoms in total. The maximum atomic E-state index is 12.7. The summed E-state index contributed by atoms with van der Waals surface area (Å²) in [5, 5.41) is 0. The lowest BCUT2D eigenvalue weighted by atomic mass is 10.0. The number of methoxy groups -OCH3 is 2. The maximum absolute atomic E-state index is 12.7. The molecule has 202 valence electrons. The third-order valence-corrected chi connectivity index (χ3v) is 7.44. The van der Waals surface area contributed by atoms with Gasteiger partial charge in [0.05, 0.1) is 14.2 Å². The van der Waals surface area contributed by atoms with Gasteiger partial charge in [-0.05, 0) is 52.1 Å². The van der Waals surface area contributed by atoms with Crippen molar-refractivity contribution in [2.45, 2.75) is 141 Å². The minimum Gasteiger partial charge on any atom is -0.469 e. The van der Waals surface area contributed by atoms with Crippen molar-refractivity contribution in [2.24, 2.45) is 0 Å². The molecule has 0 rings (SSSR count). The molecule has 0 aliphatic heterocycles. The van der Waals surface area contributed by atoms with Crippen molar-refractivity contribution in [1.82, 2.24) is 0 Å². The van der Waals surface area contributed by atoms with Gasteiger partial charge in [-0.2, -0.15) is 0 Å². The number of carbonyl (C=O) groups excluding carboxylic acids is 2. The number of unbranched alkanes of at least 4 members (excludes halogenated alkanes) is 12. The molecule has 0 saturated carbocycles. The second kappa shape index (κ2) is 17.7. The van der Waals surface area contributed by atoms with Gasteiger partial charge in [0.25, 0.3) is 5.79 Å². The molecule has 0 aromatic rings. The number of carbonyl (C=O) groups is 2. The summed E-state index contributed by atoms with van der Waals surface area (Å²) in [5.74, 6) is -1.73. The molecule has 0 atom stereocenters. The Hall–Kier alpha value is -0.706. The predicted octanol–water partition coefficient (Wildman–Crippen LogP) is 7.58. The van der Waals surface area contributed by atoms with Crippen molar-refractivity contribution in [3.8, 4) is 0 Å². The molecule has 0 N–H and O–H groups in total. The van der Waals surface area contributed by atoms with E-state index in [0.717, 1.165) is 25.7 Å². The topological polar surface area (TPSA) is 71.1 Å². The third kappa shape index (κ3) is 17.7. The number of esters is 2. The van der Waals surface area contributed by atoms with E-state index in [2.05, 4.69) is 44.0 Å². The van der Waals surface area contributed by atoms with Gasteiger partial charge in [-0.15, -0.1) is 0 Å². The first-order chi connectivity index (χ1) is 15.9. The number of rotatable bonds is 21. The summed E-state index contributed by atoms with van der Waals surface area (Å²) in [7, 11) is -1.14. The fraction of sp³-hybridized carbons (Fsp3) is 0.923. The second-order valence-corrected chi connectivity index (χ2v) is 20.2. The zero-order chi connectivity index (χ0) is 26.1. The lowest BCUT2D eigenvalue weighted by Crippen LogP contribution is -2.55. The molecule has 0 spiro atoms. The van der Waals surface area contributed by atoms with Crippen LogP contribution in [0.1, 0.15) is 96.3 Å². The highest BCUT2D eigenvalue weighted by Crippen LogP contribution is 2.31. The molecular weight excluding hydrogens is 464 g/mol. The Labute approximate surface area is 212 Å². The first kappa shape index (κ1) is 33.3. The molecule has 0 aliphatic rings. The van der Waals surface area contributed by atoms with E-state index in [4.69, 9.17) is 13.6 Å². The van der Waals surface area contributed by atoms with Crippen molar-refractivity contribution in [3.63, 3.8) is 0 Å². The van der Waals surface area contributed by atoms with Gasteiger partial charge in [-0.3, -0.25) is 4.79 Å². The van der Waals surface area contributed by atoms with E-state index in [1.807, 2.05) is 0 Å². The minimum absolute atomic E-state index is 0.0948. The third-order valence-electron chi connectivity index (χ3n) is 5.55. The standard InChI is InChI=1S/C26H54O6Si2/c1-29-24(27)22-20-18-16-14-12-10-9-11-13-15-17-19-21-23-26(25(28)30-2,31-33(3,4)5)32-34(6,7)8/h9-23H2,1-8H3. The zero-order valence-corrected chi connectivity index (χ0v) is 25.6. The quantitative estimate of drug-likeness (QED) is 0.0675. The Balaban J connectivity index is 4.06. The van der Waals surface area contributed by atoms with Gasteiger partial charge >= 0.3 is 11.9 Å². The first-order valence-electron chi connectivity index (χ1n) is 13.4. The summed E-state index contributed by atoms with van der Waals surface area (Å²) in [6.45, 7) is 12.5. The summed E-state index contributed by atoms with van der Waals surface area (Å²) in [5.41, 5.74) is 0. The highest BCUT2D eigenvalue weighted by atomic mass is 28.4. The normalized spacial score (nSPS) is 12.6. The molecule has 0 unspecified atom stereocenters. The van der Waals surface area contributed by atoms with Crippen molar-refractivity contribution >= 4 is 28.6 Å². The lowest BCUT2D eigenvalue weighted by molar-refractivity contribution is -0.196. The van der Waals surface area contributed by atoms with Gasteiger partial charge in [-0.1, -0.05) is 70.6 Å². The fourth-order valence-corrected chi connectivity index (χ4v) is 6.64. The molecule has 0 heterocycles. The van der Waals surface area contributed by atoms with Gasteiger partial charge in [-0.25, -0.2) is 4.79 Å². The fourth-order valence-electron chi connectivity index (χ4n) is 4.13. The largest absolute Gasteiger partial charge is 0.469 e. The Morgan fingerprint density at radius 2 is 0.912 bits per heavy atom. The molecule has 0 bridgehead atoms. The molecular formula is C26H54O6Si2. The molecule has 8 heteroatoms. The smallest absolute Gasteiger partial charge is 0.364 e. The van der Waals surface area contributed by atoms with E-state index in [1.165, 1.54) is 72.0 Å². The zero-order valence-electron chi connectivity index (χ0n) is 23.6. The number of hydrogen-bond donors (Lipinski definition) is 0. The van der Waals surface area contributed by atoms with Crippen LogP contribution in [0.5, 0.6) is 0 Å². The van der Waals surface area contributed by atoms with E-state index in [9.17, 15) is 9.59 Å². The average molecular weight is 519 g/mol. The summed E-state index contributed by atoms with van der Waals surface area (Å²) in [4.78, 5) is 23.8. The van der Waals surface area contributed by atoms with Gasteiger partial charge in [0, 0.05) is 12.8 Å². The molecule has 0 aromatic heterocycles. The number of ether oxygens (including phenoxy) is 2. The van der Waals surface area contributed by atoms with Crippen LogP contribution < -0.4 is 0 Å². The first-order valence-corrected chi connectivity index (χ1v) is 20.2. The van der Waals surface area contributed by atoms with Crippen molar-refractivity contribution < 1.29 is 27.9 Å². The summed E-state index contributed by atoms with van der Waals surface area (Å²) < 4.78 is 22.5. The van der Waals surface area contributed by atoms with Crippen molar-refractivity contribution in [1.29, 1.82) is 0 Å². The van der Waals surface area contributed by atoms with Gasteiger partial charge in [0.15, 0.2) is 16.6 Å². The van der Waals surface area contributed by atoms with Gasteiger partial charge < -0.3 is 18.3 Å². The van der Waals surface area contributed by atoms with Crippen LogP contribution in [-0.2, 0) is 27.9 Å². The molecule has 0 saturated heterocycles. The molecule has 0 radical (unpaired) electrons. The second-order valence-electron chi connectivity index (χ2n) is 11.3. The summed E-state index contributed by atoms with van der Waals surface area (Å²) in [6.07, 6.45) is 16.5. The number of hydrogen-bond acceptors (Lipinski definition) is 6. The molecule has 34 heavy (non-hydrogen) atoms. The van der Waals surface area contributed by atoms with Crippen LogP contribution in [0.3, 0.4) is 0 Å². The van der Waals surface area contributed by atoms with E-state index < -0.39 is 22.4 Å². The summed E-state index contributed by atoms with van der Waals surface area (Å²) in [6, 6.07) is 0. The Bertz CT molecular complexity index is 538. The van der Waals surface area contributed by atoms with Crippen LogP contribution in [0.15, 0.2) is 0 Å². The Morgan fingerprint density at radius 1 is 0.559 bits per heavy atom. The van der Waals surface area contributed by atoms with Crippen molar-refractivity contribution in [2.75, 3.05) is 14.2 Å². The Morgan fingerprint density at radius 3 is 1.24 bits per heavy atom. The van der Waals surface area contributed by atoms with Gasteiger partial charge in [0.1, 0.15) is 0 Å². The van der Waals surface area contributed by atoms with Crippen LogP contribution in [0.25, 0.3) is 0 Å². The SMILES string of the molecule is COC(=O)CCCCCCCCCCCCCCCC(O[Si](C)(C)C)(O[Si](C)(C)C)C(=O)OC. The molecule has 0 aliphatic carbocycles. The van der Waals surface area contributed by atoms with E-state index >= 15 is 0 Å². The van der Waals surface area contributed by atoms with Crippen LogP contribution in [0.4, 0.5) is 0 Å². The molecule has 0 fully saturated rings.